The molecule has 7 nitrogen and oxygen atoms in total. The predicted octanol–water partition coefficient (Wildman–Crippen LogP) is 2.69. The van der Waals surface area contributed by atoms with E-state index >= 15 is 0 Å². The number of thioether (sulfide) groups is 1. The van der Waals surface area contributed by atoms with Crippen LogP contribution >= 0.6 is 11.8 Å². The van der Waals surface area contributed by atoms with Crippen molar-refractivity contribution >= 4 is 46.0 Å². The number of hydrogen-bond acceptors (Lipinski definition) is 4. The van der Waals surface area contributed by atoms with Gasteiger partial charge in [-0.25, -0.2) is 9.18 Å². The second kappa shape index (κ2) is 8.09. The third-order valence-electron chi connectivity index (χ3n) is 3.75. The Morgan fingerprint density at radius 3 is 2.44 bits per heavy atom. The summed E-state index contributed by atoms with van der Waals surface area (Å²) in [6.07, 6.45) is 0. The van der Waals surface area contributed by atoms with E-state index in [-0.39, 0.29) is 29.1 Å². The van der Waals surface area contributed by atoms with Gasteiger partial charge in [0.2, 0.25) is 11.8 Å². The molecule has 1 aromatic heterocycles. The van der Waals surface area contributed by atoms with Crippen molar-refractivity contribution < 1.29 is 14.0 Å². The molecule has 2 aromatic carbocycles. The van der Waals surface area contributed by atoms with E-state index in [9.17, 15) is 18.8 Å². The number of anilines is 2. The number of hydrogen-bond donors (Lipinski definition) is 4. The highest BCUT2D eigenvalue weighted by molar-refractivity contribution is 8.01. The standard InChI is InChI=1S/C18H17FN4O3S/c1-10(27-9-16(24)20-12-4-2-11(19)3-5-12)17(25)21-13-6-7-14-15(8-13)23-18(26)22-14/h2-8,10H,9H2,1H3,(H,20,24)(H,21,25)(H2,22,23,26). The number of halogens is 1. The Labute approximate surface area is 157 Å². The summed E-state index contributed by atoms with van der Waals surface area (Å²) in [5.74, 6) is -0.838. The van der Waals surface area contributed by atoms with Gasteiger partial charge in [0.15, 0.2) is 0 Å². The molecule has 1 atom stereocenters. The van der Waals surface area contributed by atoms with E-state index in [1.165, 1.54) is 36.0 Å². The Morgan fingerprint density at radius 2 is 1.70 bits per heavy atom. The zero-order chi connectivity index (χ0) is 19.4. The number of benzene rings is 2. The van der Waals surface area contributed by atoms with E-state index in [1.54, 1.807) is 25.1 Å². The van der Waals surface area contributed by atoms with Gasteiger partial charge in [-0.15, -0.1) is 11.8 Å². The molecule has 0 aliphatic rings. The molecule has 9 heteroatoms. The van der Waals surface area contributed by atoms with Gasteiger partial charge in [0, 0.05) is 11.4 Å². The third kappa shape index (κ3) is 4.98. The molecular formula is C18H17FN4O3S. The topological polar surface area (TPSA) is 107 Å². The molecule has 4 N–H and O–H groups in total. The summed E-state index contributed by atoms with van der Waals surface area (Å²) in [5, 5.41) is 4.93. The molecule has 0 aliphatic heterocycles. The van der Waals surface area contributed by atoms with Crippen LogP contribution in [0.25, 0.3) is 11.0 Å². The van der Waals surface area contributed by atoms with Crippen molar-refractivity contribution in [2.24, 2.45) is 0 Å². The summed E-state index contributed by atoms with van der Waals surface area (Å²) in [6, 6.07) is 10.5. The van der Waals surface area contributed by atoms with Crippen molar-refractivity contribution in [1.82, 2.24) is 9.97 Å². The minimum Gasteiger partial charge on any atom is -0.325 e. The number of carbonyl (C=O) groups excluding carboxylic acids is 2. The van der Waals surface area contributed by atoms with Crippen LogP contribution in [0, 0.1) is 5.82 Å². The Morgan fingerprint density at radius 1 is 1.04 bits per heavy atom. The minimum absolute atomic E-state index is 0.0795. The molecule has 1 heterocycles. The van der Waals surface area contributed by atoms with E-state index in [0.29, 0.717) is 22.4 Å². The molecule has 0 fully saturated rings. The van der Waals surface area contributed by atoms with Crippen LogP contribution in [0.5, 0.6) is 0 Å². The summed E-state index contributed by atoms with van der Waals surface area (Å²) >= 11 is 1.18. The van der Waals surface area contributed by atoms with Gasteiger partial charge in [0.1, 0.15) is 5.82 Å². The van der Waals surface area contributed by atoms with E-state index in [4.69, 9.17) is 0 Å². The second-order valence-corrected chi connectivity index (χ2v) is 7.17. The maximum Gasteiger partial charge on any atom is 0.323 e. The van der Waals surface area contributed by atoms with Gasteiger partial charge in [-0.3, -0.25) is 9.59 Å². The smallest absolute Gasteiger partial charge is 0.323 e. The number of amides is 2. The number of H-pyrrole nitrogens is 2. The highest BCUT2D eigenvalue weighted by Gasteiger charge is 2.16. The molecule has 140 valence electrons. The zero-order valence-corrected chi connectivity index (χ0v) is 15.2. The molecule has 2 amide bonds. The number of carbonyl (C=O) groups is 2. The van der Waals surface area contributed by atoms with Crippen molar-refractivity contribution in [3.63, 3.8) is 0 Å². The van der Waals surface area contributed by atoms with Gasteiger partial charge >= 0.3 is 5.69 Å². The Bertz CT molecular complexity index is 1030. The normalized spacial score (nSPS) is 11.9. The van der Waals surface area contributed by atoms with E-state index < -0.39 is 5.25 Å². The predicted molar refractivity (Wildman–Crippen MR) is 104 cm³/mol. The van der Waals surface area contributed by atoms with Crippen LogP contribution in [0.1, 0.15) is 6.92 Å². The van der Waals surface area contributed by atoms with E-state index in [0.717, 1.165) is 0 Å². The van der Waals surface area contributed by atoms with Gasteiger partial charge in [-0.1, -0.05) is 0 Å². The Balaban J connectivity index is 1.51. The maximum atomic E-state index is 12.9. The van der Waals surface area contributed by atoms with Crippen LogP contribution < -0.4 is 16.3 Å². The first-order chi connectivity index (χ1) is 12.9. The number of rotatable bonds is 6. The van der Waals surface area contributed by atoms with Crippen LogP contribution in [0.15, 0.2) is 47.3 Å². The van der Waals surface area contributed by atoms with Crippen LogP contribution in [0.3, 0.4) is 0 Å². The number of fused-ring (bicyclic) bond motifs is 1. The van der Waals surface area contributed by atoms with E-state index in [1.807, 2.05) is 0 Å². The lowest BCUT2D eigenvalue weighted by molar-refractivity contribution is -0.115. The fraction of sp³-hybridized carbons (Fsp3) is 0.167. The lowest BCUT2D eigenvalue weighted by Crippen LogP contribution is -2.25. The SMILES string of the molecule is CC(SCC(=O)Nc1ccc(F)cc1)C(=O)Nc1ccc2[nH]c(=O)[nH]c2c1. The van der Waals surface area contributed by atoms with Crippen LogP contribution in [0.4, 0.5) is 15.8 Å². The average molecular weight is 388 g/mol. The minimum atomic E-state index is -0.468. The van der Waals surface area contributed by atoms with Crippen molar-refractivity contribution in [3.05, 3.63) is 58.8 Å². The Hall–Kier alpha value is -3.07. The van der Waals surface area contributed by atoms with Crippen molar-refractivity contribution in [3.8, 4) is 0 Å². The first-order valence-electron chi connectivity index (χ1n) is 8.10. The number of nitrogens with one attached hydrogen (secondary N) is 4. The van der Waals surface area contributed by atoms with Gasteiger partial charge < -0.3 is 20.6 Å². The molecule has 0 aliphatic carbocycles. The van der Waals surface area contributed by atoms with Crippen molar-refractivity contribution in [2.75, 3.05) is 16.4 Å². The van der Waals surface area contributed by atoms with Gasteiger partial charge in [-0.2, -0.15) is 0 Å². The van der Waals surface area contributed by atoms with Crippen LogP contribution in [0.2, 0.25) is 0 Å². The molecule has 0 bridgehead atoms. The average Bonchev–Trinajstić information content (AvgIpc) is 3.01. The Kier molecular flexibility index (Phi) is 5.60. The van der Waals surface area contributed by atoms with Gasteiger partial charge in [0.05, 0.1) is 22.0 Å². The summed E-state index contributed by atoms with van der Waals surface area (Å²) in [5.41, 5.74) is 1.97. The maximum absolute atomic E-state index is 12.9. The third-order valence-corrected chi connectivity index (χ3v) is 4.89. The first-order valence-corrected chi connectivity index (χ1v) is 9.15. The summed E-state index contributed by atoms with van der Waals surface area (Å²) < 4.78 is 12.9. The van der Waals surface area contributed by atoms with Gasteiger partial charge in [-0.05, 0) is 49.4 Å². The number of imidazole rings is 1. The summed E-state index contributed by atoms with van der Waals surface area (Å²) in [7, 11) is 0. The molecule has 27 heavy (non-hydrogen) atoms. The molecule has 1 unspecified atom stereocenters. The fourth-order valence-electron chi connectivity index (χ4n) is 2.36. The first kappa shape index (κ1) is 18.7. The number of aromatic amines is 2. The number of aromatic nitrogens is 2. The van der Waals surface area contributed by atoms with Crippen molar-refractivity contribution in [1.29, 1.82) is 0 Å². The molecule has 0 saturated heterocycles. The summed E-state index contributed by atoms with van der Waals surface area (Å²) in [6.45, 7) is 1.70. The highest BCUT2D eigenvalue weighted by Crippen LogP contribution is 2.18. The lowest BCUT2D eigenvalue weighted by atomic mass is 10.2. The highest BCUT2D eigenvalue weighted by atomic mass is 32.2. The molecule has 0 saturated carbocycles. The van der Waals surface area contributed by atoms with Crippen LogP contribution in [-0.2, 0) is 9.59 Å². The monoisotopic (exact) mass is 388 g/mol. The molecular weight excluding hydrogens is 371 g/mol. The molecule has 3 rings (SSSR count). The molecule has 0 spiro atoms. The second-order valence-electron chi connectivity index (χ2n) is 5.84. The van der Waals surface area contributed by atoms with Crippen LogP contribution in [-0.4, -0.2) is 32.8 Å². The lowest BCUT2D eigenvalue weighted by Gasteiger charge is -2.12. The van der Waals surface area contributed by atoms with E-state index in [2.05, 4.69) is 20.6 Å². The zero-order valence-electron chi connectivity index (χ0n) is 14.3. The largest absolute Gasteiger partial charge is 0.325 e. The quantitative estimate of drug-likeness (QED) is 0.521. The summed E-state index contributed by atoms with van der Waals surface area (Å²) in [4.78, 5) is 40.7. The molecule has 0 radical (unpaired) electrons. The van der Waals surface area contributed by atoms with Crippen molar-refractivity contribution in [2.45, 2.75) is 12.2 Å². The molecule has 3 aromatic rings. The fourth-order valence-corrected chi connectivity index (χ4v) is 3.04. The van der Waals surface area contributed by atoms with Gasteiger partial charge in [0.25, 0.3) is 0 Å².